The molecule has 0 aromatic rings. The van der Waals surface area contributed by atoms with Crippen LogP contribution >= 0.6 is 12.4 Å². The van der Waals surface area contributed by atoms with Crippen LogP contribution in [0.2, 0.25) is 0 Å². The Hall–Kier alpha value is -0.0100. The van der Waals surface area contributed by atoms with Crippen LogP contribution in [0.1, 0.15) is 26.7 Å². The van der Waals surface area contributed by atoms with Crippen LogP contribution in [0.3, 0.4) is 0 Å². The third-order valence-electron chi connectivity index (χ3n) is 3.92. The Balaban J connectivity index is 0.000000720. The van der Waals surface area contributed by atoms with Gasteiger partial charge in [-0.05, 0) is 30.1 Å². The van der Waals surface area contributed by atoms with Crippen LogP contribution in [0, 0.1) is 17.3 Å². The third-order valence-corrected chi connectivity index (χ3v) is 3.92. The highest BCUT2D eigenvalue weighted by Crippen LogP contribution is 2.57. The Bertz CT molecular complexity index is 210. The van der Waals surface area contributed by atoms with Crippen LogP contribution < -0.4 is 5.73 Å². The normalized spacial score (nSPS) is 42.9. The maximum absolute atomic E-state index is 6.09. The lowest BCUT2D eigenvalue weighted by molar-refractivity contribution is 0.277. The van der Waals surface area contributed by atoms with Crippen molar-refractivity contribution in [2.75, 3.05) is 0 Å². The number of hydrogen-bond acceptors (Lipinski definition) is 1. The van der Waals surface area contributed by atoms with Gasteiger partial charge in [-0.1, -0.05) is 26.0 Å². The fourth-order valence-electron chi connectivity index (χ4n) is 2.99. The second kappa shape index (κ2) is 2.74. The van der Waals surface area contributed by atoms with E-state index in [1.165, 1.54) is 18.4 Å². The lowest BCUT2D eigenvalue weighted by atomic mass is 9.73. The van der Waals surface area contributed by atoms with Crippen molar-refractivity contribution >= 4 is 12.4 Å². The van der Waals surface area contributed by atoms with Crippen LogP contribution in [0.15, 0.2) is 12.2 Å². The van der Waals surface area contributed by atoms with Crippen molar-refractivity contribution in [3.63, 3.8) is 0 Å². The highest BCUT2D eigenvalue weighted by atomic mass is 35.5. The minimum absolute atomic E-state index is 0. The molecule has 2 bridgehead atoms. The number of rotatable bonds is 0. The Morgan fingerprint density at radius 1 is 1.42 bits per heavy atom. The molecular weight excluding hydrogens is 170 g/mol. The monoisotopic (exact) mass is 187 g/mol. The largest absolute Gasteiger partial charge is 0.327 e. The van der Waals surface area contributed by atoms with Gasteiger partial charge < -0.3 is 5.73 Å². The molecule has 0 aromatic carbocycles. The van der Waals surface area contributed by atoms with Gasteiger partial charge in [0.2, 0.25) is 0 Å². The van der Waals surface area contributed by atoms with E-state index in [-0.39, 0.29) is 12.4 Å². The van der Waals surface area contributed by atoms with Gasteiger partial charge in [0.05, 0.1) is 0 Å². The molecule has 0 saturated heterocycles. The van der Waals surface area contributed by atoms with Crippen LogP contribution in [0.4, 0.5) is 0 Å². The molecule has 2 unspecified atom stereocenters. The second-order valence-electron chi connectivity index (χ2n) is 4.61. The van der Waals surface area contributed by atoms with E-state index >= 15 is 0 Å². The molecule has 0 aliphatic heterocycles. The van der Waals surface area contributed by atoms with Crippen molar-refractivity contribution < 1.29 is 0 Å². The van der Waals surface area contributed by atoms with Gasteiger partial charge in [0.1, 0.15) is 0 Å². The van der Waals surface area contributed by atoms with Gasteiger partial charge >= 0.3 is 0 Å². The van der Waals surface area contributed by atoms with Gasteiger partial charge in [0.25, 0.3) is 0 Å². The zero-order chi connectivity index (χ0) is 8.22. The first kappa shape index (κ1) is 10.1. The first-order valence-electron chi connectivity index (χ1n) is 4.50. The molecule has 12 heavy (non-hydrogen) atoms. The summed E-state index contributed by atoms with van der Waals surface area (Å²) in [7, 11) is 0. The average Bonchev–Trinajstić information content (AvgIpc) is 2.34. The summed E-state index contributed by atoms with van der Waals surface area (Å²) in [5, 5.41) is 0. The Morgan fingerprint density at radius 2 is 2.00 bits per heavy atom. The molecular formula is C10H18ClN. The van der Waals surface area contributed by atoms with Crippen molar-refractivity contribution in [2.45, 2.75) is 32.7 Å². The molecule has 0 amide bonds. The number of nitrogens with two attached hydrogens (primary N) is 1. The summed E-state index contributed by atoms with van der Waals surface area (Å²) in [6, 6.07) is 0.414. The van der Waals surface area contributed by atoms with Crippen molar-refractivity contribution in [2.24, 2.45) is 23.0 Å². The summed E-state index contributed by atoms with van der Waals surface area (Å²) in [5.74, 6) is 1.34. The molecule has 2 heteroatoms. The van der Waals surface area contributed by atoms with Crippen molar-refractivity contribution in [3.8, 4) is 0 Å². The predicted octanol–water partition coefficient (Wildman–Crippen LogP) is 2.36. The quantitative estimate of drug-likeness (QED) is 0.579. The van der Waals surface area contributed by atoms with Gasteiger partial charge in [-0.25, -0.2) is 0 Å². The van der Waals surface area contributed by atoms with E-state index in [1.807, 2.05) is 0 Å². The van der Waals surface area contributed by atoms with E-state index in [0.717, 1.165) is 0 Å². The van der Waals surface area contributed by atoms with E-state index in [4.69, 9.17) is 5.73 Å². The van der Waals surface area contributed by atoms with Crippen LogP contribution in [-0.4, -0.2) is 6.04 Å². The minimum Gasteiger partial charge on any atom is -0.327 e. The number of fused-ring (bicyclic) bond motifs is 2. The molecule has 2 rings (SSSR count). The summed E-state index contributed by atoms with van der Waals surface area (Å²) in [4.78, 5) is 0. The van der Waals surface area contributed by atoms with Crippen molar-refractivity contribution in [1.82, 2.24) is 0 Å². The third kappa shape index (κ3) is 0.961. The molecule has 2 saturated carbocycles. The summed E-state index contributed by atoms with van der Waals surface area (Å²) in [6.07, 6.45) is 2.60. The lowest BCUT2D eigenvalue weighted by Crippen LogP contribution is -2.29. The lowest BCUT2D eigenvalue weighted by Gasteiger charge is -2.31. The Morgan fingerprint density at radius 3 is 2.25 bits per heavy atom. The van der Waals surface area contributed by atoms with Gasteiger partial charge in [-0.3, -0.25) is 0 Å². The molecule has 2 aliphatic rings. The minimum atomic E-state index is 0. The summed E-state index contributed by atoms with van der Waals surface area (Å²) < 4.78 is 0. The SMILES string of the molecule is C=C1C2CC[C@@H](C2N)C1(C)C.Cl. The van der Waals surface area contributed by atoms with E-state index in [0.29, 0.717) is 23.3 Å². The highest BCUT2D eigenvalue weighted by molar-refractivity contribution is 5.85. The molecule has 0 spiro atoms. The first-order valence-corrected chi connectivity index (χ1v) is 4.50. The summed E-state index contributed by atoms with van der Waals surface area (Å²) >= 11 is 0. The fourth-order valence-corrected chi connectivity index (χ4v) is 2.99. The van der Waals surface area contributed by atoms with E-state index in [1.54, 1.807) is 0 Å². The van der Waals surface area contributed by atoms with Crippen LogP contribution in [0.5, 0.6) is 0 Å². The molecule has 2 N–H and O–H groups in total. The number of hydrogen-bond donors (Lipinski definition) is 1. The molecule has 70 valence electrons. The smallest absolute Gasteiger partial charge is 0.0141 e. The molecule has 2 aliphatic carbocycles. The van der Waals surface area contributed by atoms with E-state index in [2.05, 4.69) is 20.4 Å². The van der Waals surface area contributed by atoms with Gasteiger partial charge in [0, 0.05) is 6.04 Å². The van der Waals surface area contributed by atoms with Crippen molar-refractivity contribution in [1.29, 1.82) is 0 Å². The summed E-state index contributed by atoms with van der Waals surface area (Å²) in [5.41, 5.74) is 7.82. The fraction of sp³-hybridized carbons (Fsp3) is 0.800. The molecule has 0 radical (unpaired) electrons. The zero-order valence-corrected chi connectivity index (χ0v) is 8.66. The maximum Gasteiger partial charge on any atom is 0.0141 e. The molecule has 2 fully saturated rings. The standard InChI is InChI=1S/C10H17N.ClH/c1-6-7-4-5-8(9(7)11)10(6,2)3;/h7-9H,1,4-5,11H2,2-3H3;1H/t7?,8-,9?;/m0./s1. The molecule has 0 aromatic heterocycles. The van der Waals surface area contributed by atoms with Crippen LogP contribution in [0.25, 0.3) is 0 Å². The molecule has 3 atom stereocenters. The van der Waals surface area contributed by atoms with Crippen LogP contribution in [-0.2, 0) is 0 Å². The highest BCUT2D eigenvalue weighted by Gasteiger charge is 2.53. The second-order valence-corrected chi connectivity index (χ2v) is 4.61. The average molecular weight is 188 g/mol. The van der Waals surface area contributed by atoms with Gasteiger partial charge in [0.15, 0.2) is 0 Å². The summed E-state index contributed by atoms with van der Waals surface area (Å²) in [6.45, 7) is 8.74. The molecule has 0 heterocycles. The Labute approximate surface area is 80.8 Å². The Kier molecular flexibility index (Phi) is 2.30. The number of halogens is 1. The topological polar surface area (TPSA) is 26.0 Å². The van der Waals surface area contributed by atoms with E-state index < -0.39 is 0 Å². The first-order chi connectivity index (χ1) is 5.05. The van der Waals surface area contributed by atoms with Crippen molar-refractivity contribution in [3.05, 3.63) is 12.2 Å². The predicted molar refractivity (Wildman–Crippen MR) is 54.4 cm³/mol. The van der Waals surface area contributed by atoms with E-state index in [9.17, 15) is 0 Å². The van der Waals surface area contributed by atoms with Gasteiger partial charge in [-0.15, -0.1) is 12.4 Å². The zero-order valence-electron chi connectivity index (χ0n) is 7.84. The maximum atomic E-state index is 6.09. The molecule has 1 nitrogen and oxygen atoms in total. The van der Waals surface area contributed by atoms with Gasteiger partial charge in [-0.2, -0.15) is 0 Å².